The van der Waals surface area contributed by atoms with E-state index in [9.17, 15) is 0 Å². The Balaban J connectivity index is 1.38. The van der Waals surface area contributed by atoms with Gasteiger partial charge in [0, 0.05) is 0 Å². The zero-order chi connectivity index (χ0) is 12.9. The molecule has 1 spiro atoms. The van der Waals surface area contributed by atoms with E-state index in [1.54, 1.807) is 0 Å². The van der Waals surface area contributed by atoms with E-state index >= 15 is 0 Å². The second kappa shape index (κ2) is 4.46. The van der Waals surface area contributed by atoms with Crippen LogP contribution < -0.4 is 5.73 Å². The molecule has 0 bridgehead atoms. The first-order valence-electron chi connectivity index (χ1n) is 8.61. The van der Waals surface area contributed by atoms with E-state index in [1.165, 1.54) is 70.6 Å². The van der Waals surface area contributed by atoms with E-state index in [1.807, 2.05) is 0 Å². The molecule has 19 heavy (non-hydrogen) atoms. The van der Waals surface area contributed by atoms with Crippen LogP contribution >= 0.6 is 0 Å². The quantitative estimate of drug-likeness (QED) is 0.844. The van der Waals surface area contributed by atoms with E-state index in [0.29, 0.717) is 17.1 Å². The lowest BCUT2D eigenvalue weighted by atomic mass is 9.77. The van der Waals surface area contributed by atoms with Crippen LogP contribution in [0.5, 0.6) is 0 Å². The van der Waals surface area contributed by atoms with Crippen molar-refractivity contribution in [3.8, 4) is 0 Å². The molecule has 3 atom stereocenters. The average Bonchev–Trinajstić information content (AvgIpc) is 2.88. The summed E-state index contributed by atoms with van der Waals surface area (Å²) in [6, 6.07) is 0. The van der Waals surface area contributed by atoms with Gasteiger partial charge in [0.2, 0.25) is 0 Å². The van der Waals surface area contributed by atoms with E-state index < -0.39 is 0 Å². The Morgan fingerprint density at radius 2 is 1.74 bits per heavy atom. The van der Waals surface area contributed by atoms with Gasteiger partial charge in [0.05, 0.1) is 11.7 Å². The smallest absolute Gasteiger partial charge is 0.0687 e. The summed E-state index contributed by atoms with van der Waals surface area (Å²) in [5.74, 6) is 2.07. The van der Waals surface area contributed by atoms with Gasteiger partial charge in [-0.25, -0.2) is 0 Å². The summed E-state index contributed by atoms with van der Waals surface area (Å²) in [6.07, 6.45) is 15.6. The predicted octanol–water partition coefficient (Wildman–Crippen LogP) is 3.63. The molecule has 0 aromatic rings. The van der Waals surface area contributed by atoms with Crippen LogP contribution in [0.15, 0.2) is 0 Å². The molecular weight excluding hydrogens is 234 g/mol. The second-order valence-electron chi connectivity index (χ2n) is 8.09. The van der Waals surface area contributed by atoms with Gasteiger partial charge in [-0.3, -0.25) is 0 Å². The highest BCUT2D eigenvalue weighted by Gasteiger charge is 2.54. The Kier molecular flexibility index (Phi) is 2.97. The molecule has 2 N–H and O–H groups in total. The molecule has 3 aliphatic carbocycles. The Morgan fingerprint density at radius 1 is 1.00 bits per heavy atom. The molecule has 4 rings (SSSR count). The number of rotatable bonds is 3. The lowest BCUT2D eigenvalue weighted by molar-refractivity contribution is -0.0769. The molecule has 1 saturated heterocycles. The lowest BCUT2D eigenvalue weighted by Gasteiger charge is -2.36. The van der Waals surface area contributed by atoms with Crippen LogP contribution in [0.1, 0.15) is 70.6 Å². The highest BCUT2D eigenvalue weighted by atomic mass is 16.5. The minimum Gasteiger partial charge on any atom is -0.372 e. The van der Waals surface area contributed by atoms with Gasteiger partial charge < -0.3 is 10.5 Å². The van der Waals surface area contributed by atoms with Crippen LogP contribution in [0.4, 0.5) is 0 Å². The summed E-state index contributed by atoms with van der Waals surface area (Å²) >= 11 is 0. The molecule has 4 fully saturated rings. The number of ether oxygens (including phenoxy) is 1. The van der Waals surface area contributed by atoms with Crippen molar-refractivity contribution in [2.45, 2.75) is 82.3 Å². The summed E-state index contributed by atoms with van der Waals surface area (Å²) in [5.41, 5.74) is 6.89. The molecule has 0 aromatic carbocycles. The maximum atomic E-state index is 6.57. The molecule has 0 radical (unpaired) electrons. The van der Waals surface area contributed by atoms with Crippen molar-refractivity contribution in [3.05, 3.63) is 0 Å². The van der Waals surface area contributed by atoms with Gasteiger partial charge in [-0.1, -0.05) is 19.3 Å². The maximum Gasteiger partial charge on any atom is 0.0687 e. The Bertz CT molecular complexity index is 337. The van der Waals surface area contributed by atoms with Crippen molar-refractivity contribution >= 4 is 0 Å². The third-order valence-electron chi connectivity index (χ3n) is 6.66. The molecule has 1 aliphatic heterocycles. The van der Waals surface area contributed by atoms with Gasteiger partial charge in [-0.05, 0) is 75.2 Å². The normalized spacial score (nSPS) is 47.5. The first-order chi connectivity index (χ1) is 9.23. The fraction of sp³-hybridized carbons (Fsp3) is 1.00. The minimum absolute atomic E-state index is 0.292. The monoisotopic (exact) mass is 263 g/mol. The third-order valence-corrected chi connectivity index (χ3v) is 6.66. The first-order valence-corrected chi connectivity index (χ1v) is 8.61. The summed E-state index contributed by atoms with van der Waals surface area (Å²) in [6.45, 7) is 0.896. The lowest BCUT2D eigenvalue weighted by Crippen LogP contribution is -2.36. The minimum atomic E-state index is 0.292. The average molecular weight is 263 g/mol. The largest absolute Gasteiger partial charge is 0.372 e. The molecule has 0 aromatic heterocycles. The van der Waals surface area contributed by atoms with E-state index in [4.69, 9.17) is 10.5 Å². The zero-order valence-corrected chi connectivity index (χ0v) is 12.2. The number of hydrogen-bond donors (Lipinski definition) is 1. The Morgan fingerprint density at radius 3 is 2.42 bits per heavy atom. The molecule has 3 unspecified atom stereocenters. The van der Waals surface area contributed by atoms with Gasteiger partial charge in [0.15, 0.2) is 0 Å². The Hall–Kier alpha value is -0.0800. The topological polar surface area (TPSA) is 35.2 Å². The van der Waals surface area contributed by atoms with Crippen molar-refractivity contribution < 1.29 is 4.74 Å². The SMILES string of the molecule is NCC1(CC2CCC3(CCCCC3)O2)CC2CC2C1. The summed E-state index contributed by atoms with van der Waals surface area (Å²) in [5, 5.41) is 0. The molecule has 4 aliphatic rings. The molecular formula is C17H29NO. The van der Waals surface area contributed by atoms with Crippen LogP contribution in [-0.4, -0.2) is 18.2 Å². The zero-order valence-electron chi connectivity index (χ0n) is 12.2. The molecule has 2 nitrogen and oxygen atoms in total. The van der Waals surface area contributed by atoms with E-state index in [0.717, 1.165) is 18.4 Å². The van der Waals surface area contributed by atoms with Crippen LogP contribution in [-0.2, 0) is 4.74 Å². The van der Waals surface area contributed by atoms with Crippen LogP contribution in [0.25, 0.3) is 0 Å². The summed E-state index contributed by atoms with van der Waals surface area (Å²) < 4.78 is 6.57. The van der Waals surface area contributed by atoms with Gasteiger partial charge >= 0.3 is 0 Å². The van der Waals surface area contributed by atoms with Crippen LogP contribution in [0, 0.1) is 17.3 Å². The fourth-order valence-corrected chi connectivity index (χ4v) is 5.51. The fourth-order valence-electron chi connectivity index (χ4n) is 5.51. The number of hydrogen-bond acceptors (Lipinski definition) is 2. The van der Waals surface area contributed by atoms with Crippen LogP contribution in [0.3, 0.4) is 0 Å². The highest BCUT2D eigenvalue weighted by molar-refractivity contribution is 5.05. The maximum absolute atomic E-state index is 6.57. The highest BCUT2D eigenvalue weighted by Crippen LogP contribution is 2.61. The van der Waals surface area contributed by atoms with Crippen molar-refractivity contribution in [2.24, 2.45) is 23.0 Å². The number of nitrogens with two attached hydrogens (primary N) is 1. The predicted molar refractivity (Wildman–Crippen MR) is 76.9 cm³/mol. The molecule has 2 heteroatoms. The second-order valence-corrected chi connectivity index (χ2v) is 8.09. The van der Waals surface area contributed by atoms with E-state index in [-0.39, 0.29) is 0 Å². The molecule has 108 valence electrons. The van der Waals surface area contributed by atoms with Gasteiger partial charge in [0.25, 0.3) is 0 Å². The molecule has 0 amide bonds. The number of fused-ring (bicyclic) bond motifs is 1. The van der Waals surface area contributed by atoms with Crippen molar-refractivity contribution in [1.82, 2.24) is 0 Å². The van der Waals surface area contributed by atoms with Crippen molar-refractivity contribution in [2.75, 3.05) is 6.54 Å². The Labute approximate surface area is 117 Å². The van der Waals surface area contributed by atoms with Crippen molar-refractivity contribution in [1.29, 1.82) is 0 Å². The van der Waals surface area contributed by atoms with Gasteiger partial charge in [-0.2, -0.15) is 0 Å². The summed E-state index contributed by atoms with van der Waals surface area (Å²) in [4.78, 5) is 0. The van der Waals surface area contributed by atoms with Gasteiger partial charge in [0.1, 0.15) is 0 Å². The molecule has 3 saturated carbocycles. The standard InChI is InChI=1S/C17H29NO/c18-12-16(9-13-8-14(13)10-16)11-15-4-7-17(19-15)5-2-1-3-6-17/h13-15H,1-12,18H2. The van der Waals surface area contributed by atoms with Gasteiger partial charge in [-0.15, -0.1) is 0 Å². The third kappa shape index (κ3) is 2.25. The molecule has 1 heterocycles. The van der Waals surface area contributed by atoms with E-state index in [2.05, 4.69) is 0 Å². The first kappa shape index (κ1) is 12.6. The van der Waals surface area contributed by atoms with Crippen molar-refractivity contribution in [3.63, 3.8) is 0 Å². The van der Waals surface area contributed by atoms with Crippen LogP contribution in [0.2, 0.25) is 0 Å². The summed E-state index contributed by atoms with van der Waals surface area (Å²) in [7, 11) is 0.